The number of amides is 1. The van der Waals surface area contributed by atoms with Crippen LogP contribution in [0, 0.1) is 0 Å². The van der Waals surface area contributed by atoms with Gasteiger partial charge in [0, 0.05) is 12.5 Å². The van der Waals surface area contributed by atoms with E-state index in [4.69, 9.17) is 0 Å². The molecule has 21 heavy (non-hydrogen) atoms. The standard InChI is InChI=1S/C15H25N5O/c1-12(19-8-4-2-3-5-9-19)15(21)18-13-6-7-14-16-11-17-20(14)10-13/h11-13H,2-10H2,1H3,(H,18,21). The van der Waals surface area contributed by atoms with Crippen molar-refractivity contribution in [3.05, 3.63) is 12.2 Å². The molecule has 3 heterocycles. The van der Waals surface area contributed by atoms with Crippen LogP contribution < -0.4 is 5.32 Å². The fourth-order valence-corrected chi connectivity index (χ4v) is 3.33. The molecule has 116 valence electrons. The van der Waals surface area contributed by atoms with Crippen LogP contribution in [0.3, 0.4) is 0 Å². The Kier molecular flexibility index (Phi) is 4.53. The van der Waals surface area contributed by atoms with E-state index in [9.17, 15) is 4.79 Å². The maximum Gasteiger partial charge on any atom is 0.237 e. The first-order chi connectivity index (χ1) is 10.2. The molecule has 0 spiro atoms. The number of hydrogen-bond acceptors (Lipinski definition) is 4. The number of fused-ring (bicyclic) bond motifs is 1. The van der Waals surface area contributed by atoms with Gasteiger partial charge in [-0.15, -0.1) is 0 Å². The molecule has 2 aliphatic heterocycles. The van der Waals surface area contributed by atoms with Crippen LogP contribution in [0.5, 0.6) is 0 Å². The SMILES string of the molecule is CC(C(=O)NC1CCc2ncnn2C1)N1CCCCCC1. The Bertz CT molecular complexity index is 478. The van der Waals surface area contributed by atoms with Crippen molar-refractivity contribution < 1.29 is 4.79 Å². The summed E-state index contributed by atoms with van der Waals surface area (Å²) in [7, 11) is 0. The zero-order valence-electron chi connectivity index (χ0n) is 12.8. The average molecular weight is 291 g/mol. The smallest absolute Gasteiger partial charge is 0.237 e. The molecule has 2 aliphatic rings. The normalized spacial score (nSPS) is 24.9. The van der Waals surface area contributed by atoms with Crippen LogP contribution in [0.25, 0.3) is 0 Å². The number of hydrogen-bond donors (Lipinski definition) is 1. The minimum atomic E-state index is -0.0276. The third-order valence-corrected chi connectivity index (χ3v) is 4.72. The Labute approximate surface area is 125 Å². The van der Waals surface area contributed by atoms with E-state index in [-0.39, 0.29) is 18.0 Å². The molecule has 6 heteroatoms. The first kappa shape index (κ1) is 14.5. The number of nitrogens with one attached hydrogen (secondary N) is 1. The zero-order chi connectivity index (χ0) is 14.7. The monoisotopic (exact) mass is 291 g/mol. The van der Waals surface area contributed by atoms with E-state index in [0.717, 1.165) is 38.3 Å². The fraction of sp³-hybridized carbons (Fsp3) is 0.800. The van der Waals surface area contributed by atoms with Crippen LogP contribution in [0.15, 0.2) is 6.33 Å². The van der Waals surface area contributed by atoms with Gasteiger partial charge in [-0.3, -0.25) is 9.69 Å². The molecule has 0 aliphatic carbocycles. The molecule has 1 N–H and O–H groups in total. The van der Waals surface area contributed by atoms with Crippen molar-refractivity contribution >= 4 is 5.91 Å². The molecule has 6 nitrogen and oxygen atoms in total. The predicted molar refractivity (Wildman–Crippen MR) is 79.8 cm³/mol. The summed E-state index contributed by atoms with van der Waals surface area (Å²) in [5.74, 6) is 1.19. The average Bonchev–Trinajstić information content (AvgIpc) is 2.78. The number of aryl methyl sites for hydroxylation is 1. The lowest BCUT2D eigenvalue weighted by molar-refractivity contribution is -0.126. The van der Waals surface area contributed by atoms with Crippen LogP contribution in [0.2, 0.25) is 0 Å². The Morgan fingerprint density at radius 2 is 2.10 bits per heavy atom. The summed E-state index contributed by atoms with van der Waals surface area (Å²) in [6.07, 6.45) is 8.46. The Balaban J connectivity index is 1.54. The lowest BCUT2D eigenvalue weighted by Crippen LogP contribution is -2.50. The van der Waals surface area contributed by atoms with Crippen molar-refractivity contribution in [2.75, 3.05) is 13.1 Å². The van der Waals surface area contributed by atoms with Crippen LogP contribution in [-0.4, -0.2) is 50.7 Å². The molecule has 1 amide bonds. The highest BCUT2D eigenvalue weighted by Crippen LogP contribution is 2.14. The van der Waals surface area contributed by atoms with E-state index in [1.54, 1.807) is 6.33 Å². The Morgan fingerprint density at radius 1 is 1.33 bits per heavy atom. The van der Waals surface area contributed by atoms with Crippen molar-refractivity contribution in [2.45, 2.75) is 64.1 Å². The van der Waals surface area contributed by atoms with Gasteiger partial charge in [0.05, 0.1) is 12.6 Å². The highest BCUT2D eigenvalue weighted by molar-refractivity contribution is 5.81. The molecule has 1 fully saturated rings. The van der Waals surface area contributed by atoms with E-state index in [0.29, 0.717) is 0 Å². The van der Waals surface area contributed by atoms with E-state index in [2.05, 4.69) is 20.3 Å². The number of carbonyl (C=O) groups excluding carboxylic acids is 1. The molecule has 0 saturated carbocycles. The molecule has 0 radical (unpaired) electrons. The minimum Gasteiger partial charge on any atom is -0.350 e. The van der Waals surface area contributed by atoms with Gasteiger partial charge in [-0.2, -0.15) is 5.10 Å². The van der Waals surface area contributed by atoms with E-state index in [1.807, 2.05) is 11.6 Å². The summed E-state index contributed by atoms with van der Waals surface area (Å²) in [4.78, 5) is 19.0. The van der Waals surface area contributed by atoms with Gasteiger partial charge in [-0.1, -0.05) is 12.8 Å². The topological polar surface area (TPSA) is 63.1 Å². The minimum absolute atomic E-state index is 0.0276. The van der Waals surface area contributed by atoms with E-state index < -0.39 is 0 Å². The predicted octanol–water partition coefficient (Wildman–Crippen LogP) is 0.974. The van der Waals surface area contributed by atoms with Crippen LogP contribution >= 0.6 is 0 Å². The summed E-state index contributed by atoms with van der Waals surface area (Å²) >= 11 is 0. The van der Waals surface area contributed by atoms with Gasteiger partial charge >= 0.3 is 0 Å². The Morgan fingerprint density at radius 3 is 2.86 bits per heavy atom. The summed E-state index contributed by atoms with van der Waals surface area (Å²) < 4.78 is 1.91. The number of carbonyl (C=O) groups is 1. The van der Waals surface area contributed by atoms with Gasteiger partial charge in [0.2, 0.25) is 5.91 Å². The molecular formula is C15H25N5O. The van der Waals surface area contributed by atoms with Crippen molar-refractivity contribution in [2.24, 2.45) is 0 Å². The van der Waals surface area contributed by atoms with Gasteiger partial charge in [0.25, 0.3) is 0 Å². The van der Waals surface area contributed by atoms with Crippen molar-refractivity contribution in [3.63, 3.8) is 0 Å². The highest BCUT2D eigenvalue weighted by Gasteiger charge is 2.26. The van der Waals surface area contributed by atoms with Gasteiger partial charge < -0.3 is 5.32 Å². The molecule has 1 saturated heterocycles. The summed E-state index contributed by atoms with van der Waals surface area (Å²) in [5, 5.41) is 7.40. The highest BCUT2D eigenvalue weighted by atomic mass is 16.2. The van der Waals surface area contributed by atoms with Crippen LogP contribution in [0.4, 0.5) is 0 Å². The Hall–Kier alpha value is -1.43. The van der Waals surface area contributed by atoms with Gasteiger partial charge in [0.15, 0.2) is 0 Å². The number of nitrogens with zero attached hydrogens (tertiary/aromatic N) is 4. The summed E-state index contributed by atoms with van der Waals surface area (Å²) in [5.41, 5.74) is 0. The van der Waals surface area contributed by atoms with Crippen molar-refractivity contribution in [3.8, 4) is 0 Å². The largest absolute Gasteiger partial charge is 0.350 e. The van der Waals surface area contributed by atoms with Crippen LogP contribution in [-0.2, 0) is 17.8 Å². The third kappa shape index (κ3) is 3.43. The summed E-state index contributed by atoms with van der Waals surface area (Å²) in [6.45, 7) is 4.87. The molecule has 2 unspecified atom stereocenters. The molecule has 0 bridgehead atoms. The van der Waals surface area contributed by atoms with Gasteiger partial charge in [0.1, 0.15) is 12.2 Å². The number of rotatable bonds is 3. The fourth-order valence-electron chi connectivity index (χ4n) is 3.33. The molecule has 0 aromatic carbocycles. The quantitative estimate of drug-likeness (QED) is 0.901. The first-order valence-electron chi connectivity index (χ1n) is 8.15. The molecule has 1 aromatic heterocycles. The van der Waals surface area contributed by atoms with E-state index in [1.165, 1.54) is 25.7 Å². The number of aromatic nitrogens is 3. The maximum atomic E-state index is 12.5. The third-order valence-electron chi connectivity index (χ3n) is 4.72. The lowest BCUT2D eigenvalue weighted by atomic mass is 10.1. The lowest BCUT2D eigenvalue weighted by Gasteiger charge is -2.30. The maximum absolute atomic E-state index is 12.5. The molecular weight excluding hydrogens is 266 g/mol. The second-order valence-electron chi connectivity index (χ2n) is 6.23. The van der Waals surface area contributed by atoms with Crippen molar-refractivity contribution in [1.82, 2.24) is 25.0 Å². The molecule has 2 atom stereocenters. The van der Waals surface area contributed by atoms with Gasteiger partial charge in [-0.25, -0.2) is 9.67 Å². The second kappa shape index (κ2) is 6.56. The molecule has 3 rings (SSSR count). The first-order valence-corrected chi connectivity index (χ1v) is 8.15. The second-order valence-corrected chi connectivity index (χ2v) is 6.23. The van der Waals surface area contributed by atoms with Gasteiger partial charge in [-0.05, 0) is 39.3 Å². The van der Waals surface area contributed by atoms with Crippen molar-refractivity contribution in [1.29, 1.82) is 0 Å². The zero-order valence-corrected chi connectivity index (χ0v) is 12.8. The van der Waals surface area contributed by atoms with Crippen LogP contribution in [0.1, 0.15) is 44.9 Å². The summed E-state index contributed by atoms with van der Waals surface area (Å²) in [6, 6.07) is 0.154. The molecule has 1 aromatic rings. The number of likely N-dealkylation sites (tertiary alicyclic amines) is 1. The van der Waals surface area contributed by atoms with E-state index >= 15 is 0 Å².